The quantitative estimate of drug-likeness (QED) is 0.554. The molecular formula is C9H12N2O2S. The van der Waals surface area contributed by atoms with Crippen molar-refractivity contribution in [2.75, 3.05) is 14.1 Å². The molecule has 1 aromatic rings. The lowest BCUT2D eigenvalue weighted by molar-refractivity contribution is 0.595. The second-order valence-electron chi connectivity index (χ2n) is 2.97. The van der Waals surface area contributed by atoms with Gasteiger partial charge in [0.15, 0.2) is 0 Å². The number of hydrogen-bond donors (Lipinski definition) is 0. The van der Waals surface area contributed by atoms with Crippen molar-refractivity contribution in [2.24, 2.45) is 4.40 Å². The van der Waals surface area contributed by atoms with Gasteiger partial charge < -0.3 is 4.90 Å². The standard InChI is InChI=1S/C9H12N2O2S/c1-11(2)8-10-14(12,13)9-6-4-3-5-7-9/h3-8H,1-2H3. The second-order valence-corrected chi connectivity index (χ2v) is 4.60. The fourth-order valence-electron chi connectivity index (χ4n) is 0.810. The highest BCUT2D eigenvalue weighted by Gasteiger charge is 2.09. The minimum Gasteiger partial charge on any atom is -0.368 e. The molecule has 0 fully saturated rings. The molecule has 0 heterocycles. The molecule has 0 bridgehead atoms. The Balaban J connectivity index is 2.99. The minimum absolute atomic E-state index is 0.207. The third kappa shape index (κ3) is 2.85. The van der Waals surface area contributed by atoms with Gasteiger partial charge in [-0.15, -0.1) is 4.40 Å². The Hall–Kier alpha value is -1.36. The van der Waals surface area contributed by atoms with E-state index in [0.717, 1.165) is 0 Å². The van der Waals surface area contributed by atoms with Crippen LogP contribution in [0, 0.1) is 0 Å². The molecule has 76 valence electrons. The van der Waals surface area contributed by atoms with E-state index in [1.165, 1.54) is 18.5 Å². The molecule has 5 heteroatoms. The first-order valence-corrected chi connectivity index (χ1v) is 5.48. The molecule has 0 N–H and O–H groups in total. The summed E-state index contributed by atoms with van der Waals surface area (Å²) in [5.74, 6) is 0. The van der Waals surface area contributed by atoms with Crippen molar-refractivity contribution in [2.45, 2.75) is 4.90 Å². The van der Waals surface area contributed by atoms with Crippen molar-refractivity contribution in [1.29, 1.82) is 0 Å². The van der Waals surface area contributed by atoms with Crippen LogP contribution in [-0.4, -0.2) is 33.8 Å². The van der Waals surface area contributed by atoms with Crippen molar-refractivity contribution < 1.29 is 8.42 Å². The third-order valence-corrected chi connectivity index (χ3v) is 2.70. The molecule has 0 atom stereocenters. The summed E-state index contributed by atoms with van der Waals surface area (Å²) in [6, 6.07) is 8.12. The van der Waals surface area contributed by atoms with Crippen LogP contribution in [0.2, 0.25) is 0 Å². The van der Waals surface area contributed by atoms with Crippen molar-refractivity contribution in [3.05, 3.63) is 30.3 Å². The van der Waals surface area contributed by atoms with Crippen LogP contribution in [0.5, 0.6) is 0 Å². The first-order chi connectivity index (χ1) is 6.52. The van der Waals surface area contributed by atoms with Gasteiger partial charge in [0.25, 0.3) is 10.0 Å². The first-order valence-electron chi connectivity index (χ1n) is 4.04. The summed E-state index contributed by atoms with van der Waals surface area (Å²) >= 11 is 0. The van der Waals surface area contributed by atoms with Gasteiger partial charge in [-0.2, -0.15) is 8.42 Å². The number of nitrogens with zero attached hydrogens (tertiary/aromatic N) is 2. The van der Waals surface area contributed by atoms with E-state index in [0.29, 0.717) is 0 Å². The SMILES string of the molecule is CN(C)C=NS(=O)(=O)c1ccccc1. The smallest absolute Gasteiger partial charge is 0.283 e. The van der Waals surface area contributed by atoms with Crippen molar-refractivity contribution in [3.63, 3.8) is 0 Å². The molecule has 0 aromatic heterocycles. The Kier molecular flexibility index (Phi) is 3.24. The largest absolute Gasteiger partial charge is 0.368 e. The maximum Gasteiger partial charge on any atom is 0.283 e. The molecule has 0 amide bonds. The predicted octanol–water partition coefficient (Wildman–Crippen LogP) is 0.965. The van der Waals surface area contributed by atoms with E-state index in [-0.39, 0.29) is 4.90 Å². The van der Waals surface area contributed by atoms with E-state index in [4.69, 9.17) is 0 Å². The Morgan fingerprint density at radius 2 is 1.79 bits per heavy atom. The monoisotopic (exact) mass is 212 g/mol. The van der Waals surface area contributed by atoms with E-state index in [2.05, 4.69) is 4.40 Å². The molecule has 0 aliphatic rings. The van der Waals surface area contributed by atoms with Gasteiger partial charge >= 0.3 is 0 Å². The second kappa shape index (κ2) is 4.23. The van der Waals surface area contributed by atoms with Gasteiger partial charge in [-0.25, -0.2) is 0 Å². The van der Waals surface area contributed by atoms with Crippen LogP contribution in [0.15, 0.2) is 39.6 Å². The zero-order valence-electron chi connectivity index (χ0n) is 8.08. The minimum atomic E-state index is -3.53. The van der Waals surface area contributed by atoms with Gasteiger partial charge in [0.2, 0.25) is 0 Å². The van der Waals surface area contributed by atoms with Gasteiger partial charge in [-0.1, -0.05) is 18.2 Å². The maximum atomic E-state index is 11.5. The van der Waals surface area contributed by atoms with Crippen LogP contribution in [-0.2, 0) is 10.0 Å². The zero-order valence-corrected chi connectivity index (χ0v) is 8.90. The molecule has 4 nitrogen and oxygen atoms in total. The number of hydrogen-bond acceptors (Lipinski definition) is 2. The molecule has 0 spiro atoms. The van der Waals surface area contributed by atoms with Gasteiger partial charge in [0, 0.05) is 14.1 Å². The van der Waals surface area contributed by atoms with Crippen LogP contribution in [0.4, 0.5) is 0 Å². The van der Waals surface area contributed by atoms with Crippen molar-refractivity contribution >= 4 is 16.4 Å². The molecule has 1 aromatic carbocycles. The average Bonchev–Trinajstić information content (AvgIpc) is 2.16. The molecule has 14 heavy (non-hydrogen) atoms. The normalized spacial score (nSPS) is 11.9. The van der Waals surface area contributed by atoms with Crippen LogP contribution >= 0.6 is 0 Å². The van der Waals surface area contributed by atoms with Gasteiger partial charge in [-0.3, -0.25) is 0 Å². The Morgan fingerprint density at radius 1 is 1.21 bits per heavy atom. The average molecular weight is 212 g/mol. The Morgan fingerprint density at radius 3 is 2.29 bits per heavy atom. The van der Waals surface area contributed by atoms with E-state index in [9.17, 15) is 8.42 Å². The Labute approximate surface area is 83.9 Å². The molecule has 0 saturated heterocycles. The summed E-state index contributed by atoms with van der Waals surface area (Å²) in [4.78, 5) is 1.78. The lowest BCUT2D eigenvalue weighted by atomic mass is 10.4. The highest BCUT2D eigenvalue weighted by atomic mass is 32.2. The molecule has 0 radical (unpaired) electrons. The van der Waals surface area contributed by atoms with E-state index in [1.807, 2.05) is 0 Å². The summed E-state index contributed by atoms with van der Waals surface area (Å²) in [5.41, 5.74) is 0. The molecule has 0 aliphatic heterocycles. The van der Waals surface area contributed by atoms with Crippen LogP contribution in [0.1, 0.15) is 0 Å². The number of rotatable bonds is 3. The number of benzene rings is 1. The lowest BCUT2D eigenvalue weighted by Crippen LogP contribution is -2.10. The van der Waals surface area contributed by atoms with Crippen LogP contribution in [0.3, 0.4) is 0 Å². The molecular weight excluding hydrogens is 200 g/mol. The van der Waals surface area contributed by atoms with Gasteiger partial charge in [-0.05, 0) is 12.1 Å². The first kappa shape index (κ1) is 10.7. The van der Waals surface area contributed by atoms with Crippen molar-refractivity contribution in [1.82, 2.24) is 4.90 Å². The number of sulfonamides is 1. The summed E-state index contributed by atoms with van der Waals surface area (Å²) in [5, 5.41) is 0. The third-order valence-electron chi connectivity index (χ3n) is 1.46. The predicted molar refractivity (Wildman–Crippen MR) is 55.8 cm³/mol. The van der Waals surface area contributed by atoms with E-state index >= 15 is 0 Å². The summed E-state index contributed by atoms with van der Waals surface area (Å²) in [6.07, 6.45) is 1.27. The summed E-state index contributed by atoms with van der Waals surface area (Å²) < 4.78 is 26.5. The Bertz CT molecular complexity index is 410. The molecule has 1 rings (SSSR count). The molecule has 0 unspecified atom stereocenters. The lowest BCUT2D eigenvalue weighted by Gasteiger charge is -2.02. The fraction of sp³-hybridized carbons (Fsp3) is 0.222. The van der Waals surface area contributed by atoms with Gasteiger partial charge in [0.1, 0.15) is 6.34 Å². The van der Waals surface area contributed by atoms with Crippen LogP contribution in [0.25, 0.3) is 0 Å². The van der Waals surface area contributed by atoms with Crippen molar-refractivity contribution in [3.8, 4) is 0 Å². The molecule has 0 saturated carbocycles. The highest BCUT2D eigenvalue weighted by molar-refractivity contribution is 7.90. The fourth-order valence-corrected chi connectivity index (χ4v) is 1.75. The topological polar surface area (TPSA) is 49.7 Å². The van der Waals surface area contributed by atoms with E-state index in [1.54, 1.807) is 37.2 Å². The summed E-state index contributed by atoms with van der Waals surface area (Å²) in [7, 11) is -0.103. The highest BCUT2D eigenvalue weighted by Crippen LogP contribution is 2.10. The summed E-state index contributed by atoms with van der Waals surface area (Å²) in [6.45, 7) is 0. The van der Waals surface area contributed by atoms with Crippen LogP contribution < -0.4 is 0 Å². The van der Waals surface area contributed by atoms with E-state index < -0.39 is 10.0 Å². The zero-order chi connectivity index (χ0) is 10.6. The molecule has 0 aliphatic carbocycles. The maximum absolute atomic E-state index is 11.5. The van der Waals surface area contributed by atoms with Gasteiger partial charge in [0.05, 0.1) is 4.90 Å².